The maximum Gasteiger partial charge on any atom is 0.416 e. The van der Waals surface area contributed by atoms with Crippen LogP contribution in [-0.2, 0) is 18.9 Å². The molecular weight excluding hydrogens is 799 g/mol. The Kier molecular flexibility index (Phi) is 13.9. The number of benzene rings is 6. The van der Waals surface area contributed by atoms with Gasteiger partial charge in [0.25, 0.3) is 11.8 Å². The first kappa shape index (κ1) is 44.4. The molecule has 2 amide bonds. The highest BCUT2D eigenvalue weighted by Gasteiger charge is 2.31. The van der Waals surface area contributed by atoms with Crippen molar-refractivity contribution in [1.82, 2.24) is 20.9 Å². The summed E-state index contributed by atoms with van der Waals surface area (Å²) in [5.41, 5.74) is 0.160. The number of nitrogens with zero attached hydrogens (tertiary/aromatic N) is 1. The number of halogens is 6. The van der Waals surface area contributed by atoms with Crippen LogP contribution in [-0.4, -0.2) is 56.0 Å². The average molecular weight is 845 g/mol. The summed E-state index contributed by atoms with van der Waals surface area (Å²) in [5.74, 6) is 0.817. The molecule has 6 rings (SSSR count). The predicted molar refractivity (Wildman–Crippen MR) is 224 cm³/mol. The maximum absolute atomic E-state index is 13.3. The van der Waals surface area contributed by atoms with Gasteiger partial charge in [-0.15, -0.1) is 0 Å². The molecule has 0 aliphatic rings. The van der Waals surface area contributed by atoms with E-state index in [0.29, 0.717) is 58.3 Å². The van der Waals surface area contributed by atoms with E-state index in [-0.39, 0.29) is 35.4 Å². The molecule has 0 bridgehead atoms. The Morgan fingerprint density at radius 3 is 1.67 bits per heavy atom. The van der Waals surface area contributed by atoms with Crippen LogP contribution in [0.2, 0.25) is 0 Å². The fourth-order valence-corrected chi connectivity index (χ4v) is 6.80. The van der Waals surface area contributed by atoms with Crippen molar-refractivity contribution in [3.05, 3.63) is 143 Å². The molecule has 6 aromatic rings. The van der Waals surface area contributed by atoms with E-state index in [1.807, 2.05) is 46.1 Å². The number of hydrogen-bond acceptors (Lipinski definition) is 6. The number of alkyl halides is 6. The smallest absolute Gasteiger partial charge is 0.416 e. The lowest BCUT2D eigenvalue weighted by Crippen LogP contribution is -2.35. The van der Waals surface area contributed by atoms with Crippen LogP contribution in [0.5, 0.6) is 23.0 Å². The zero-order valence-electron chi connectivity index (χ0n) is 34.0. The molecule has 8 nitrogen and oxygen atoms in total. The zero-order chi connectivity index (χ0) is 43.9. The van der Waals surface area contributed by atoms with E-state index in [2.05, 4.69) is 20.9 Å². The Morgan fingerprint density at radius 1 is 0.623 bits per heavy atom. The van der Waals surface area contributed by atoms with Crippen LogP contribution in [0, 0.1) is 0 Å². The summed E-state index contributed by atoms with van der Waals surface area (Å²) >= 11 is 0. The van der Waals surface area contributed by atoms with Gasteiger partial charge in [-0.2, -0.15) is 26.3 Å². The minimum atomic E-state index is -4.49. The standard InChI is InChI=1S/C47H46F6N4O4/c1-29(20-22-54-3)55-45(59)34-9-19-41-35(27-34)24-31(25-43(41)61-39-16-12-37(13-17-39)47(51,52)53)28-57(4)23-21-30(2)56-44(58)33-8-18-40-32(26-33)6-5-7-42(40)60-38-14-10-36(11-15-38)46(48,49)50/h5-19,24-27,29-30,54H,20-23,28H2,1-4H3,(H,55,59)(H,56,58)/t29-,30-/m1/s1. The summed E-state index contributed by atoms with van der Waals surface area (Å²) in [6, 6.07) is 28.1. The molecule has 3 N–H and O–H groups in total. The SMILES string of the molecule is CNCC[C@@H](C)NC(=O)c1ccc2c(Oc3ccc(C(F)(F)F)cc3)cc(CN(C)CC[C@@H](C)NC(=O)c3ccc4c(Oc5ccc(C(F)(F)F)cc5)cccc4c3)cc2c1. The number of rotatable bonds is 16. The van der Waals surface area contributed by atoms with Gasteiger partial charge < -0.3 is 30.3 Å². The summed E-state index contributed by atoms with van der Waals surface area (Å²) in [4.78, 5) is 28.6. The Hall–Kier alpha value is -6.12. The van der Waals surface area contributed by atoms with E-state index in [1.54, 1.807) is 48.5 Å². The van der Waals surface area contributed by atoms with Crippen LogP contribution < -0.4 is 25.4 Å². The Labute approximate surface area is 349 Å². The summed E-state index contributed by atoms with van der Waals surface area (Å²) in [6.45, 7) is 5.62. The van der Waals surface area contributed by atoms with Crippen molar-refractivity contribution in [3.8, 4) is 23.0 Å². The summed E-state index contributed by atoms with van der Waals surface area (Å²) in [5, 5.41) is 11.9. The Bertz CT molecular complexity index is 2470. The Morgan fingerprint density at radius 2 is 1.13 bits per heavy atom. The van der Waals surface area contributed by atoms with Crippen LogP contribution in [0.3, 0.4) is 0 Å². The zero-order valence-corrected chi connectivity index (χ0v) is 34.0. The molecule has 0 fully saturated rings. The van der Waals surface area contributed by atoms with Crippen LogP contribution in [0.4, 0.5) is 26.3 Å². The van der Waals surface area contributed by atoms with Crippen molar-refractivity contribution in [1.29, 1.82) is 0 Å². The number of nitrogens with one attached hydrogen (secondary N) is 3. The Balaban J connectivity index is 1.12. The first-order valence-electron chi connectivity index (χ1n) is 19.7. The number of hydrogen-bond donors (Lipinski definition) is 3. The molecule has 0 aliphatic carbocycles. The van der Waals surface area contributed by atoms with Gasteiger partial charge in [0.05, 0.1) is 11.1 Å². The second kappa shape index (κ2) is 19.1. The molecule has 2 atom stereocenters. The minimum Gasteiger partial charge on any atom is -0.457 e. The molecule has 0 aliphatic heterocycles. The number of ether oxygens (including phenoxy) is 2. The van der Waals surface area contributed by atoms with Crippen LogP contribution >= 0.6 is 0 Å². The van der Waals surface area contributed by atoms with E-state index in [4.69, 9.17) is 9.47 Å². The summed E-state index contributed by atoms with van der Waals surface area (Å²) in [6.07, 6.45) is -7.59. The minimum absolute atomic E-state index is 0.0616. The second-order valence-electron chi connectivity index (χ2n) is 15.1. The molecule has 6 aromatic carbocycles. The summed E-state index contributed by atoms with van der Waals surface area (Å²) in [7, 11) is 3.78. The lowest BCUT2D eigenvalue weighted by Gasteiger charge is -2.21. The van der Waals surface area contributed by atoms with E-state index in [0.717, 1.165) is 48.2 Å². The molecule has 320 valence electrons. The number of carbonyl (C=O) groups excluding carboxylic acids is 2. The third-order valence-electron chi connectivity index (χ3n) is 10.1. The van der Waals surface area contributed by atoms with Gasteiger partial charge in [-0.3, -0.25) is 9.59 Å². The van der Waals surface area contributed by atoms with Gasteiger partial charge in [0.15, 0.2) is 0 Å². The molecule has 0 heterocycles. The molecule has 0 unspecified atom stereocenters. The predicted octanol–water partition coefficient (Wildman–Crippen LogP) is 11.0. The molecule has 61 heavy (non-hydrogen) atoms. The summed E-state index contributed by atoms with van der Waals surface area (Å²) < 4.78 is 90.8. The third kappa shape index (κ3) is 11.8. The largest absolute Gasteiger partial charge is 0.457 e. The molecule has 14 heteroatoms. The van der Waals surface area contributed by atoms with E-state index in [9.17, 15) is 35.9 Å². The van der Waals surface area contributed by atoms with Crippen LogP contribution in [0.25, 0.3) is 21.5 Å². The molecular formula is C47H46F6N4O4. The molecule has 0 spiro atoms. The van der Waals surface area contributed by atoms with Gasteiger partial charge in [0.1, 0.15) is 23.0 Å². The monoisotopic (exact) mass is 844 g/mol. The van der Waals surface area contributed by atoms with E-state index in [1.165, 1.54) is 24.3 Å². The number of carbonyl (C=O) groups is 2. The molecule has 0 aromatic heterocycles. The van der Waals surface area contributed by atoms with Gasteiger partial charge in [0, 0.05) is 47.1 Å². The molecule has 0 radical (unpaired) electrons. The second-order valence-corrected chi connectivity index (χ2v) is 15.1. The maximum atomic E-state index is 13.3. The normalized spacial score (nSPS) is 13.0. The van der Waals surface area contributed by atoms with Crippen molar-refractivity contribution in [2.24, 2.45) is 0 Å². The lowest BCUT2D eigenvalue weighted by molar-refractivity contribution is -0.138. The first-order valence-corrected chi connectivity index (χ1v) is 19.7. The van der Waals surface area contributed by atoms with E-state index >= 15 is 0 Å². The van der Waals surface area contributed by atoms with Crippen molar-refractivity contribution < 1.29 is 45.4 Å². The third-order valence-corrected chi connectivity index (χ3v) is 10.1. The van der Waals surface area contributed by atoms with Gasteiger partial charge in [-0.25, -0.2) is 0 Å². The first-order chi connectivity index (χ1) is 29.0. The molecule has 0 saturated heterocycles. The van der Waals surface area contributed by atoms with Crippen LogP contribution in [0.15, 0.2) is 115 Å². The fourth-order valence-electron chi connectivity index (χ4n) is 6.80. The average Bonchev–Trinajstić information content (AvgIpc) is 3.21. The molecule has 0 saturated carbocycles. The van der Waals surface area contributed by atoms with Crippen LogP contribution in [0.1, 0.15) is 64.1 Å². The van der Waals surface area contributed by atoms with Gasteiger partial charge in [-0.1, -0.05) is 12.1 Å². The lowest BCUT2D eigenvalue weighted by atomic mass is 10.0. The van der Waals surface area contributed by atoms with Crippen molar-refractivity contribution in [2.45, 2.75) is 57.7 Å². The van der Waals surface area contributed by atoms with Gasteiger partial charge in [0.2, 0.25) is 0 Å². The highest BCUT2D eigenvalue weighted by atomic mass is 19.4. The fraction of sp³-hybridized carbons (Fsp3) is 0.277. The highest BCUT2D eigenvalue weighted by Crippen LogP contribution is 2.36. The van der Waals surface area contributed by atoms with Crippen molar-refractivity contribution >= 4 is 33.4 Å². The van der Waals surface area contributed by atoms with Crippen molar-refractivity contribution in [2.75, 3.05) is 27.2 Å². The van der Waals surface area contributed by atoms with E-state index < -0.39 is 23.5 Å². The number of amides is 2. The quantitative estimate of drug-likeness (QED) is 0.0841. The van der Waals surface area contributed by atoms with Gasteiger partial charge in [-0.05, 0) is 167 Å². The number of fused-ring (bicyclic) bond motifs is 2. The van der Waals surface area contributed by atoms with Crippen molar-refractivity contribution in [3.63, 3.8) is 0 Å². The van der Waals surface area contributed by atoms with Gasteiger partial charge >= 0.3 is 12.4 Å². The topological polar surface area (TPSA) is 91.9 Å². The highest BCUT2D eigenvalue weighted by molar-refractivity contribution is 6.01.